The maximum Gasteiger partial charge on any atom is 0.258 e. The van der Waals surface area contributed by atoms with Crippen LogP contribution in [0.2, 0.25) is 0 Å². The van der Waals surface area contributed by atoms with Crippen LogP contribution in [0.3, 0.4) is 0 Å². The van der Waals surface area contributed by atoms with Gasteiger partial charge in [0, 0.05) is 14.5 Å². The maximum atomic E-state index is 6.53. The van der Waals surface area contributed by atoms with Gasteiger partial charge in [-0.25, -0.2) is 0 Å². The molecule has 0 atom stereocenters. The van der Waals surface area contributed by atoms with Crippen LogP contribution in [0.15, 0.2) is 31.7 Å². The van der Waals surface area contributed by atoms with E-state index in [4.69, 9.17) is 10.3 Å². The molecular formula is C15H17Br2N3O. The smallest absolute Gasteiger partial charge is 0.258 e. The van der Waals surface area contributed by atoms with Gasteiger partial charge in [-0.15, -0.1) is 0 Å². The van der Waals surface area contributed by atoms with E-state index in [1.54, 1.807) is 0 Å². The van der Waals surface area contributed by atoms with Crippen LogP contribution in [0.5, 0.6) is 0 Å². The van der Waals surface area contributed by atoms with Crippen LogP contribution < -0.4 is 5.73 Å². The molecule has 1 heterocycles. The Bertz CT molecular complexity index is 613. The van der Waals surface area contributed by atoms with Gasteiger partial charge in [0.15, 0.2) is 5.82 Å². The molecule has 1 fully saturated rings. The number of nitrogens with zero attached hydrogens (tertiary/aromatic N) is 2. The molecule has 0 bridgehead atoms. The summed E-state index contributed by atoms with van der Waals surface area (Å²) in [6, 6.07) is 5.88. The molecule has 0 radical (unpaired) electrons. The standard InChI is InChI=1S/C15H17Br2N3O/c16-11-7-10(8-12(17)9-11)13-19-14(20-21-13)15(18)5-3-1-2-4-6-15/h7-9H,1-6,18H2. The van der Waals surface area contributed by atoms with Gasteiger partial charge in [-0.05, 0) is 31.0 Å². The third kappa shape index (κ3) is 3.38. The van der Waals surface area contributed by atoms with Crippen molar-refractivity contribution in [2.45, 2.75) is 44.1 Å². The molecule has 3 rings (SSSR count). The molecule has 1 saturated carbocycles. The first-order chi connectivity index (χ1) is 10.1. The third-order valence-electron chi connectivity index (χ3n) is 3.98. The van der Waals surface area contributed by atoms with Crippen LogP contribution in [0.25, 0.3) is 11.5 Å². The van der Waals surface area contributed by atoms with Gasteiger partial charge in [0.25, 0.3) is 5.89 Å². The van der Waals surface area contributed by atoms with Gasteiger partial charge in [-0.2, -0.15) is 4.98 Å². The van der Waals surface area contributed by atoms with E-state index in [1.165, 1.54) is 12.8 Å². The number of aromatic nitrogens is 2. The second-order valence-corrected chi connectivity index (χ2v) is 7.48. The number of nitrogens with two attached hydrogens (primary N) is 1. The molecule has 0 unspecified atom stereocenters. The summed E-state index contributed by atoms with van der Waals surface area (Å²) in [6.45, 7) is 0. The van der Waals surface area contributed by atoms with E-state index in [0.29, 0.717) is 11.7 Å². The molecule has 4 nitrogen and oxygen atoms in total. The molecule has 0 spiro atoms. The largest absolute Gasteiger partial charge is 0.334 e. The summed E-state index contributed by atoms with van der Waals surface area (Å²) in [4.78, 5) is 4.56. The Morgan fingerprint density at radius 2 is 1.62 bits per heavy atom. The highest BCUT2D eigenvalue weighted by atomic mass is 79.9. The van der Waals surface area contributed by atoms with E-state index < -0.39 is 5.54 Å². The van der Waals surface area contributed by atoms with Crippen molar-refractivity contribution in [3.05, 3.63) is 33.0 Å². The third-order valence-corrected chi connectivity index (χ3v) is 4.89. The average molecular weight is 415 g/mol. The zero-order chi connectivity index (χ0) is 14.9. The van der Waals surface area contributed by atoms with Crippen LogP contribution in [0, 0.1) is 0 Å². The highest BCUT2D eigenvalue weighted by molar-refractivity contribution is 9.11. The van der Waals surface area contributed by atoms with Gasteiger partial charge in [-0.1, -0.05) is 62.7 Å². The Morgan fingerprint density at radius 1 is 1.00 bits per heavy atom. The lowest BCUT2D eigenvalue weighted by molar-refractivity contribution is 0.334. The monoisotopic (exact) mass is 413 g/mol. The minimum Gasteiger partial charge on any atom is -0.334 e. The van der Waals surface area contributed by atoms with Gasteiger partial charge < -0.3 is 10.3 Å². The lowest BCUT2D eigenvalue weighted by atomic mass is 9.91. The van der Waals surface area contributed by atoms with Crippen molar-refractivity contribution >= 4 is 31.9 Å². The van der Waals surface area contributed by atoms with Crippen molar-refractivity contribution in [2.75, 3.05) is 0 Å². The SMILES string of the molecule is NC1(c2noc(-c3cc(Br)cc(Br)c3)n2)CCCCCC1. The summed E-state index contributed by atoms with van der Waals surface area (Å²) in [5.41, 5.74) is 6.97. The Hall–Kier alpha value is -0.720. The quantitative estimate of drug-likeness (QED) is 0.718. The Labute approximate surface area is 140 Å². The van der Waals surface area contributed by atoms with E-state index in [2.05, 4.69) is 42.0 Å². The van der Waals surface area contributed by atoms with Crippen molar-refractivity contribution in [3.8, 4) is 11.5 Å². The first-order valence-electron chi connectivity index (χ1n) is 7.16. The summed E-state index contributed by atoms with van der Waals surface area (Å²) in [5.74, 6) is 1.15. The molecule has 2 N–H and O–H groups in total. The van der Waals surface area contributed by atoms with Crippen LogP contribution >= 0.6 is 31.9 Å². The molecule has 1 aliphatic rings. The van der Waals surface area contributed by atoms with Crippen LogP contribution in [0.4, 0.5) is 0 Å². The number of halogens is 2. The second kappa shape index (κ2) is 6.18. The first-order valence-corrected chi connectivity index (χ1v) is 8.75. The molecule has 6 heteroatoms. The van der Waals surface area contributed by atoms with E-state index >= 15 is 0 Å². The number of rotatable bonds is 2. The van der Waals surface area contributed by atoms with E-state index in [9.17, 15) is 0 Å². The summed E-state index contributed by atoms with van der Waals surface area (Å²) < 4.78 is 7.36. The zero-order valence-electron chi connectivity index (χ0n) is 11.6. The van der Waals surface area contributed by atoms with Gasteiger partial charge in [0.1, 0.15) is 0 Å². The average Bonchev–Trinajstić information content (AvgIpc) is 2.83. The second-order valence-electron chi connectivity index (χ2n) is 5.65. The van der Waals surface area contributed by atoms with E-state index in [0.717, 1.165) is 40.2 Å². The van der Waals surface area contributed by atoms with Gasteiger partial charge >= 0.3 is 0 Å². The van der Waals surface area contributed by atoms with Crippen LogP contribution in [0.1, 0.15) is 44.3 Å². The van der Waals surface area contributed by atoms with Gasteiger partial charge in [0.2, 0.25) is 0 Å². The fraction of sp³-hybridized carbons (Fsp3) is 0.467. The minimum atomic E-state index is -0.443. The highest BCUT2D eigenvalue weighted by Gasteiger charge is 2.33. The number of hydrogen-bond acceptors (Lipinski definition) is 4. The van der Waals surface area contributed by atoms with Crippen molar-refractivity contribution in [3.63, 3.8) is 0 Å². The topological polar surface area (TPSA) is 64.9 Å². The number of hydrogen-bond donors (Lipinski definition) is 1. The molecule has 112 valence electrons. The lowest BCUT2D eigenvalue weighted by Gasteiger charge is -2.23. The molecule has 0 aliphatic heterocycles. The van der Waals surface area contributed by atoms with Crippen molar-refractivity contribution < 1.29 is 4.52 Å². The predicted molar refractivity (Wildman–Crippen MR) is 88.7 cm³/mol. The van der Waals surface area contributed by atoms with E-state index in [1.807, 2.05) is 18.2 Å². The van der Waals surface area contributed by atoms with E-state index in [-0.39, 0.29) is 0 Å². The summed E-state index contributed by atoms with van der Waals surface area (Å²) in [7, 11) is 0. The maximum absolute atomic E-state index is 6.53. The fourth-order valence-electron chi connectivity index (χ4n) is 2.80. The fourth-order valence-corrected chi connectivity index (χ4v) is 4.10. The van der Waals surface area contributed by atoms with Crippen LogP contribution in [-0.4, -0.2) is 10.1 Å². The molecule has 1 aliphatic carbocycles. The minimum absolute atomic E-state index is 0.443. The van der Waals surface area contributed by atoms with Crippen molar-refractivity contribution in [2.24, 2.45) is 5.73 Å². The van der Waals surface area contributed by atoms with Gasteiger partial charge in [0.05, 0.1) is 5.54 Å². The van der Waals surface area contributed by atoms with Gasteiger partial charge in [-0.3, -0.25) is 0 Å². The molecule has 21 heavy (non-hydrogen) atoms. The van der Waals surface area contributed by atoms with Crippen molar-refractivity contribution in [1.82, 2.24) is 10.1 Å². The zero-order valence-corrected chi connectivity index (χ0v) is 14.8. The molecule has 0 saturated heterocycles. The Morgan fingerprint density at radius 3 is 2.24 bits per heavy atom. The number of benzene rings is 1. The molecule has 2 aromatic rings. The normalized spacial score (nSPS) is 18.4. The lowest BCUT2D eigenvalue weighted by Crippen LogP contribution is -2.37. The first kappa shape index (κ1) is 15.2. The molecular weight excluding hydrogens is 398 g/mol. The molecule has 1 aromatic heterocycles. The summed E-state index contributed by atoms with van der Waals surface area (Å²) >= 11 is 6.94. The predicted octanol–water partition coefficient (Wildman–Crippen LogP) is 4.77. The Balaban J connectivity index is 1.92. The molecule has 1 aromatic carbocycles. The highest BCUT2D eigenvalue weighted by Crippen LogP contribution is 2.34. The summed E-state index contributed by atoms with van der Waals surface area (Å²) in [5, 5.41) is 4.15. The molecule has 0 amide bonds. The van der Waals surface area contributed by atoms with Crippen molar-refractivity contribution in [1.29, 1.82) is 0 Å². The summed E-state index contributed by atoms with van der Waals surface area (Å²) in [6.07, 6.45) is 6.58. The Kier molecular flexibility index (Phi) is 4.47. The van der Waals surface area contributed by atoms with Crippen LogP contribution in [-0.2, 0) is 5.54 Å².